The number of fused-ring (bicyclic) bond motifs is 1. The van der Waals surface area contributed by atoms with Crippen molar-refractivity contribution in [2.75, 3.05) is 12.4 Å². The van der Waals surface area contributed by atoms with Crippen molar-refractivity contribution in [3.05, 3.63) is 106 Å². The number of methoxy groups -OCH3 is 1. The van der Waals surface area contributed by atoms with Crippen LogP contribution in [-0.4, -0.2) is 23.0 Å². The van der Waals surface area contributed by atoms with Gasteiger partial charge in [0.25, 0.3) is 5.56 Å². The second kappa shape index (κ2) is 10.2. The van der Waals surface area contributed by atoms with Gasteiger partial charge in [-0.2, -0.15) is 0 Å². The van der Waals surface area contributed by atoms with Gasteiger partial charge in [-0.15, -0.1) is 0 Å². The van der Waals surface area contributed by atoms with E-state index in [0.717, 1.165) is 28.5 Å². The van der Waals surface area contributed by atoms with Gasteiger partial charge in [-0.3, -0.25) is 4.79 Å². The third-order valence-corrected chi connectivity index (χ3v) is 5.69. The van der Waals surface area contributed by atoms with Gasteiger partial charge >= 0.3 is 6.03 Å². The summed E-state index contributed by atoms with van der Waals surface area (Å²) < 4.78 is 18.7. The van der Waals surface area contributed by atoms with E-state index in [1.54, 1.807) is 7.11 Å². The van der Waals surface area contributed by atoms with Crippen LogP contribution in [0, 0.1) is 5.82 Å². The number of pyridine rings is 1. The molecule has 2 amide bonds. The van der Waals surface area contributed by atoms with E-state index in [2.05, 4.69) is 17.2 Å². The number of nitrogens with zero attached hydrogens (tertiary/aromatic N) is 1. The standard InChI is InChI=1S/C27H26FN3O3/c1-3-18-8-13-24-20(14-18)15-21(26(32)30-24)17-31(16-19-6-4-5-7-25(19)34-2)27(33)29-23-11-9-22(28)10-12-23/h4-15H,3,16-17H2,1-2H3,(H,29,33)(H,30,32). The largest absolute Gasteiger partial charge is 0.496 e. The average Bonchev–Trinajstić information content (AvgIpc) is 2.85. The maximum Gasteiger partial charge on any atom is 0.322 e. The molecular weight excluding hydrogens is 433 g/mol. The van der Waals surface area contributed by atoms with E-state index < -0.39 is 11.8 Å². The lowest BCUT2D eigenvalue weighted by molar-refractivity contribution is 0.205. The third-order valence-electron chi connectivity index (χ3n) is 5.69. The summed E-state index contributed by atoms with van der Waals surface area (Å²) in [7, 11) is 1.57. The molecule has 174 valence electrons. The summed E-state index contributed by atoms with van der Waals surface area (Å²) in [4.78, 5) is 30.5. The maximum atomic E-state index is 13.3. The van der Waals surface area contributed by atoms with Gasteiger partial charge in [-0.05, 0) is 65.9 Å². The van der Waals surface area contributed by atoms with Crippen molar-refractivity contribution < 1.29 is 13.9 Å². The summed E-state index contributed by atoms with van der Waals surface area (Å²) >= 11 is 0. The molecule has 1 heterocycles. The number of halogens is 1. The van der Waals surface area contributed by atoms with Gasteiger partial charge in [0.1, 0.15) is 11.6 Å². The Morgan fingerprint density at radius 3 is 2.47 bits per heavy atom. The van der Waals surface area contributed by atoms with E-state index in [1.165, 1.54) is 29.2 Å². The van der Waals surface area contributed by atoms with Crippen LogP contribution in [0.4, 0.5) is 14.9 Å². The van der Waals surface area contributed by atoms with E-state index in [1.807, 2.05) is 48.5 Å². The summed E-state index contributed by atoms with van der Waals surface area (Å²) in [6.45, 7) is 2.36. The Kier molecular flexibility index (Phi) is 6.92. The molecule has 0 radical (unpaired) electrons. The number of amides is 2. The monoisotopic (exact) mass is 459 g/mol. The van der Waals surface area contributed by atoms with Crippen LogP contribution in [0.2, 0.25) is 0 Å². The fourth-order valence-electron chi connectivity index (χ4n) is 3.82. The Labute approximate surface area is 197 Å². The van der Waals surface area contributed by atoms with Crippen molar-refractivity contribution in [1.82, 2.24) is 9.88 Å². The molecule has 0 aliphatic rings. The predicted octanol–water partition coefficient (Wildman–Crippen LogP) is 5.47. The number of carbonyl (C=O) groups excluding carboxylic acids is 1. The Morgan fingerprint density at radius 1 is 1.00 bits per heavy atom. The fourth-order valence-corrected chi connectivity index (χ4v) is 3.82. The quantitative estimate of drug-likeness (QED) is 0.385. The number of aromatic nitrogens is 1. The molecule has 4 aromatic rings. The highest BCUT2D eigenvalue weighted by molar-refractivity contribution is 5.89. The van der Waals surface area contributed by atoms with Gasteiger partial charge in [0.05, 0.1) is 20.2 Å². The molecule has 2 N–H and O–H groups in total. The van der Waals surface area contributed by atoms with Crippen LogP contribution in [0.3, 0.4) is 0 Å². The van der Waals surface area contributed by atoms with Crippen molar-refractivity contribution >= 4 is 22.6 Å². The zero-order chi connectivity index (χ0) is 24.1. The molecule has 4 rings (SSSR count). The fraction of sp³-hybridized carbons (Fsp3) is 0.185. The van der Waals surface area contributed by atoms with Crippen LogP contribution < -0.4 is 15.6 Å². The molecule has 0 spiro atoms. The molecular formula is C27H26FN3O3. The van der Waals surface area contributed by atoms with Crippen LogP contribution in [-0.2, 0) is 19.5 Å². The predicted molar refractivity (Wildman–Crippen MR) is 132 cm³/mol. The number of nitrogens with one attached hydrogen (secondary N) is 2. The number of rotatable bonds is 7. The summed E-state index contributed by atoms with van der Waals surface area (Å²) in [5, 5.41) is 3.70. The molecule has 3 aromatic carbocycles. The van der Waals surface area contributed by atoms with Crippen LogP contribution in [0.25, 0.3) is 10.9 Å². The first-order chi connectivity index (χ1) is 16.5. The highest BCUT2D eigenvalue weighted by Gasteiger charge is 2.19. The number of H-pyrrole nitrogens is 1. The topological polar surface area (TPSA) is 74.4 Å². The van der Waals surface area contributed by atoms with Gasteiger partial charge in [-0.1, -0.05) is 31.2 Å². The molecule has 34 heavy (non-hydrogen) atoms. The molecule has 0 saturated heterocycles. The SMILES string of the molecule is CCc1ccc2[nH]c(=O)c(CN(Cc3ccccc3OC)C(=O)Nc3ccc(F)cc3)cc2c1. The van der Waals surface area contributed by atoms with Crippen LogP contribution in [0.5, 0.6) is 5.75 Å². The minimum Gasteiger partial charge on any atom is -0.496 e. The second-order valence-electron chi connectivity index (χ2n) is 8.00. The summed E-state index contributed by atoms with van der Waals surface area (Å²) in [6, 6.07) is 20.3. The summed E-state index contributed by atoms with van der Waals surface area (Å²) in [6.07, 6.45) is 0.879. The van der Waals surface area contributed by atoms with E-state index in [9.17, 15) is 14.0 Å². The molecule has 0 aliphatic carbocycles. The van der Waals surface area contributed by atoms with Crippen molar-refractivity contribution in [1.29, 1.82) is 0 Å². The van der Waals surface area contributed by atoms with Crippen LogP contribution >= 0.6 is 0 Å². The van der Waals surface area contributed by atoms with Gasteiger partial charge in [-0.25, -0.2) is 9.18 Å². The van der Waals surface area contributed by atoms with E-state index in [4.69, 9.17) is 4.74 Å². The first-order valence-electron chi connectivity index (χ1n) is 11.0. The number of ether oxygens (including phenoxy) is 1. The number of hydrogen-bond acceptors (Lipinski definition) is 3. The van der Waals surface area contributed by atoms with Crippen LogP contribution in [0.15, 0.2) is 77.6 Å². The normalized spacial score (nSPS) is 10.8. The van der Waals surface area contributed by atoms with Crippen molar-refractivity contribution in [3.8, 4) is 5.75 Å². The number of aromatic amines is 1. The Morgan fingerprint density at radius 2 is 1.74 bits per heavy atom. The highest BCUT2D eigenvalue weighted by atomic mass is 19.1. The summed E-state index contributed by atoms with van der Waals surface area (Å²) in [5.41, 5.74) is 3.37. The van der Waals surface area contributed by atoms with Crippen molar-refractivity contribution in [2.24, 2.45) is 0 Å². The summed E-state index contributed by atoms with van der Waals surface area (Å²) in [5.74, 6) is 0.250. The number of anilines is 1. The molecule has 0 aliphatic heterocycles. The lowest BCUT2D eigenvalue weighted by Gasteiger charge is -2.24. The average molecular weight is 460 g/mol. The first kappa shape index (κ1) is 23.0. The Bertz CT molecular complexity index is 1370. The van der Waals surface area contributed by atoms with E-state index in [0.29, 0.717) is 17.0 Å². The number of benzene rings is 3. The minimum absolute atomic E-state index is 0.0761. The van der Waals surface area contributed by atoms with E-state index >= 15 is 0 Å². The Hall–Kier alpha value is -4.13. The number of hydrogen-bond donors (Lipinski definition) is 2. The van der Waals surface area contributed by atoms with Crippen molar-refractivity contribution in [3.63, 3.8) is 0 Å². The smallest absolute Gasteiger partial charge is 0.322 e. The Balaban J connectivity index is 1.68. The molecule has 0 unspecified atom stereocenters. The van der Waals surface area contributed by atoms with Gasteiger partial charge in [0.2, 0.25) is 0 Å². The van der Waals surface area contributed by atoms with Gasteiger partial charge in [0.15, 0.2) is 0 Å². The number of para-hydroxylation sites is 1. The first-order valence-corrected chi connectivity index (χ1v) is 11.0. The molecule has 0 atom stereocenters. The maximum absolute atomic E-state index is 13.3. The van der Waals surface area contributed by atoms with E-state index in [-0.39, 0.29) is 18.6 Å². The third kappa shape index (κ3) is 5.26. The minimum atomic E-state index is -0.417. The molecule has 0 saturated carbocycles. The second-order valence-corrected chi connectivity index (χ2v) is 8.00. The number of carbonyl (C=O) groups is 1. The molecule has 1 aromatic heterocycles. The number of aryl methyl sites for hydroxylation is 1. The molecule has 7 heteroatoms. The van der Waals surface area contributed by atoms with Crippen LogP contribution in [0.1, 0.15) is 23.6 Å². The lowest BCUT2D eigenvalue weighted by atomic mass is 10.1. The zero-order valence-corrected chi connectivity index (χ0v) is 19.1. The van der Waals surface area contributed by atoms with Gasteiger partial charge in [0, 0.05) is 22.3 Å². The van der Waals surface area contributed by atoms with Crippen molar-refractivity contribution in [2.45, 2.75) is 26.4 Å². The highest BCUT2D eigenvalue weighted by Crippen LogP contribution is 2.22. The number of urea groups is 1. The zero-order valence-electron chi connectivity index (χ0n) is 19.1. The molecule has 0 bridgehead atoms. The van der Waals surface area contributed by atoms with Gasteiger partial charge < -0.3 is 19.9 Å². The molecule has 0 fully saturated rings. The molecule has 6 nitrogen and oxygen atoms in total. The lowest BCUT2D eigenvalue weighted by Crippen LogP contribution is -2.35.